The number of nitrogens with one attached hydrogen (secondary N) is 1. The predicted molar refractivity (Wildman–Crippen MR) is 76.8 cm³/mol. The lowest BCUT2D eigenvalue weighted by Gasteiger charge is -2.21. The van der Waals surface area contributed by atoms with Gasteiger partial charge in [0.15, 0.2) is 11.5 Å². The maximum absolute atomic E-state index is 9.57. The van der Waals surface area contributed by atoms with E-state index >= 15 is 0 Å². The molecule has 0 fully saturated rings. The van der Waals surface area contributed by atoms with Crippen LogP contribution in [0.2, 0.25) is 0 Å². The molecule has 1 aromatic rings. The normalized spacial score (nSPS) is 13.9. The molecule has 2 unspecified atom stereocenters. The highest BCUT2D eigenvalue weighted by molar-refractivity contribution is 5.46. The van der Waals surface area contributed by atoms with Gasteiger partial charge in [-0.1, -0.05) is 19.1 Å². The lowest BCUT2D eigenvalue weighted by molar-refractivity contribution is 0.0579. The van der Waals surface area contributed by atoms with E-state index in [4.69, 9.17) is 9.47 Å². The second-order valence-corrected chi connectivity index (χ2v) is 4.69. The van der Waals surface area contributed by atoms with Gasteiger partial charge in [-0.05, 0) is 32.9 Å². The fourth-order valence-corrected chi connectivity index (χ4v) is 1.68. The largest absolute Gasteiger partial charge is 0.493 e. The average Bonchev–Trinajstić information content (AvgIpc) is 2.40. The molecule has 0 spiro atoms. The van der Waals surface area contributed by atoms with Crippen LogP contribution in [0.15, 0.2) is 18.2 Å². The molecule has 4 nitrogen and oxygen atoms in total. The number of aliphatic hydroxyl groups excluding tert-OH is 1. The first-order valence-corrected chi connectivity index (χ1v) is 6.81. The van der Waals surface area contributed by atoms with Crippen molar-refractivity contribution in [2.45, 2.75) is 45.9 Å². The third kappa shape index (κ3) is 4.73. The van der Waals surface area contributed by atoms with E-state index in [0.29, 0.717) is 11.5 Å². The van der Waals surface area contributed by atoms with Gasteiger partial charge in [-0.25, -0.2) is 0 Å². The summed E-state index contributed by atoms with van der Waals surface area (Å²) in [6.07, 6.45) is 0.284. The van der Waals surface area contributed by atoms with Gasteiger partial charge in [0.2, 0.25) is 0 Å². The maximum atomic E-state index is 9.57. The van der Waals surface area contributed by atoms with Gasteiger partial charge in [0, 0.05) is 12.1 Å². The monoisotopic (exact) mass is 267 g/mol. The summed E-state index contributed by atoms with van der Waals surface area (Å²) in [6.45, 7) is 7.39. The van der Waals surface area contributed by atoms with E-state index < -0.39 is 6.10 Å². The van der Waals surface area contributed by atoms with Gasteiger partial charge in [0.1, 0.15) is 6.10 Å². The van der Waals surface area contributed by atoms with Crippen LogP contribution in [0.3, 0.4) is 0 Å². The van der Waals surface area contributed by atoms with Crippen molar-refractivity contribution < 1.29 is 14.6 Å². The number of rotatable bonds is 8. The molecule has 0 saturated carbocycles. The Kier molecular flexibility index (Phi) is 6.67. The Morgan fingerprint density at radius 3 is 2.63 bits per heavy atom. The lowest BCUT2D eigenvalue weighted by Crippen LogP contribution is -2.26. The average molecular weight is 267 g/mol. The van der Waals surface area contributed by atoms with Gasteiger partial charge in [-0.3, -0.25) is 0 Å². The molecule has 4 heteroatoms. The molecule has 0 aliphatic heterocycles. The molecule has 0 amide bonds. The molecule has 0 aliphatic carbocycles. The minimum absolute atomic E-state index is 0.277. The minimum atomic E-state index is -0.527. The number of hydrogen-bond donors (Lipinski definition) is 2. The molecule has 0 aromatic heterocycles. The molecule has 2 N–H and O–H groups in total. The summed E-state index contributed by atoms with van der Waals surface area (Å²) in [6, 6.07) is 5.82. The van der Waals surface area contributed by atoms with Crippen LogP contribution in [0, 0.1) is 0 Å². The molecule has 19 heavy (non-hydrogen) atoms. The van der Waals surface area contributed by atoms with E-state index in [2.05, 4.69) is 12.2 Å². The summed E-state index contributed by atoms with van der Waals surface area (Å²) >= 11 is 0. The zero-order valence-electron chi connectivity index (χ0n) is 12.3. The Morgan fingerprint density at radius 2 is 2.05 bits per heavy atom. The van der Waals surface area contributed by atoms with Gasteiger partial charge < -0.3 is 19.9 Å². The second-order valence-electron chi connectivity index (χ2n) is 4.69. The summed E-state index contributed by atoms with van der Waals surface area (Å²) in [7, 11) is 1.62. The van der Waals surface area contributed by atoms with E-state index in [9.17, 15) is 5.11 Å². The third-order valence-corrected chi connectivity index (χ3v) is 3.01. The molecule has 1 rings (SSSR count). The third-order valence-electron chi connectivity index (χ3n) is 3.01. The molecule has 0 saturated heterocycles. The molecule has 2 atom stereocenters. The number of aliphatic hydroxyl groups is 1. The van der Waals surface area contributed by atoms with Crippen molar-refractivity contribution >= 4 is 0 Å². The highest BCUT2D eigenvalue weighted by Crippen LogP contribution is 2.32. The Bertz CT molecular complexity index is 380. The Balaban J connectivity index is 2.89. The maximum Gasteiger partial charge on any atom is 0.166 e. The Morgan fingerprint density at radius 1 is 1.32 bits per heavy atom. The fourth-order valence-electron chi connectivity index (χ4n) is 1.68. The summed E-state index contributed by atoms with van der Waals surface area (Å²) in [5.74, 6) is 1.41. The summed E-state index contributed by atoms with van der Waals surface area (Å²) < 4.78 is 11.2. The van der Waals surface area contributed by atoms with Gasteiger partial charge in [0.25, 0.3) is 0 Å². The van der Waals surface area contributed by atoms with E-state index in [1.807, 2.05) is 25.1 Å². The fraction of sp³-hybridized carbons (Fsp3) is 0.600. The minimum Gasteiger partial charge on any atom is -0.493 e. The van der Waals surface area contributed by atoms with Gasteiger partial charge in [0.05, 0.1) is 13.2 Å². The standard InChI is InChI=1S/C15H25NO3/c1-5-9-16-10-13-7-6-8-14(18-4)15(13)19-12(3)11(2)17/h6-8,11-12,16-17H,5,9-10H2,1-4H3. The van der Waals surface area contributed by atoms with E-state index in [0.717, 1.165) is 25.1 Å². The predicted octanol–water partition coefficient (Wildman–Crippen LogP) is 2.34. The molecule has 0 radical (unpaired) electrons. The zero-order valence-corrected chi connectivity index (χ0v) is 12.3. The zero-order chi connectivity index (χ0) is 14.3. The van der Waals surface area contributed by atoms with Crippen molar-refractivity contribution in [3.63, 3.8) is 0 Å². The van der Waals surface area contributed by atoms with Crippen molar-refractivity contribution in [1.29, 1.82) is 0 Å². The SMILES string of the molecule is CCCNCc1cccc(OC)c1OC(C)C(C)O. The van der Waals surface area contributed by atoms with Crippen LogP contribution in [0.5, 0.6) is 11.5 Å². The van der Waals surface area contributed by atoms with Crippen LogP contribution < -0.4 is 14.8 Å². The van der Waals surface area contributed by atoms with Crippen LogP contribution in [-0.4, -0.2) is 31.0 Å². The van der Waals surface area contributed by atoms with Crippen molar-refractivity contribution in [1.82, 2.24) is 5.32 Å². The van der Waals surface area contributed by atoms with Crippen LogP contribution in [0.25, 0.3) is 0 Å². The number of ether oxygens (including phenoxy) is 2. The van der Waals surface area contributed by atoms with Crippen molar-refractivity contribution in [3.05, 3.63) is 23.8 Å². The molecular weight excluding hydrogens is 242 g/mol. The number of para-hydroxylation sites is 1. The second kappa shape index (κ2) is 8.02. The van der Waals surface area contributed by atoms with Gasteiger partial charge in [-0.15, -0.1) is 0 Å². The number of hydrogen-bond acceptors (Lipinski definition) is 4. The molecule has 1 aromatic carbocycles. The van der Waals surface area contributed by atoms with E-state index in [1.54, 1.807) is 14.0 Å². The van der Waals surface area contributed by atoms with E-state index in [1.165, 1.54) is 0 Å². The highest BCUT2D eigenvalue weighted by atomic mass is 16.5. The smallest absolute Gasteiger partial charge is 0.166 e. The highest BCUT2D eigenvalue weighted by Gasteiger charge is 2.16. The quantitative estimate of drug-likeness (QED) is 0.710. The summed E-state index contributed by atoms with van der Waals surface area (Å²) in [5, 5.41) is 12.9. The Hall–Kier alpha value is -1.26. The summed E-state index contributed by atoms with van der Waals surface area (Å²) in [4.78, 5) is 0. The summed E-state index contributed by atoms with van der Waals surface area (Å²) in [5.41, 5.74) is 1.04. The molecular formula is C15H25NO3. The lowest BCUT2D eigenvalue weighted by atomic mass is 10.1. The van der Waals surface area contributed by atoms with Crippen LogP contribution in [-0.2, 0) is 6.54 Å². The topological polar surface area (TPSA) is 50.7 Å². The van der Waals surface area contributed by atoms with Crippen molar-refractivity contribution in [2.75, 3.05) is 13.7 Å². The van der Waals surface area contributed by atoms with E-state index in [-0.39, 0.29) is 6.10 Å². The first-order valence-electron chi connectivity index (χ1n) is 6.81. The van der Waals surface area contributed by atoms with Crippen molar-refractivity contribution in [3.8, 4) is 11.5 Å². The molecule has 108 valence electrons. The first kappa shape index (κ1) is 15.8. The number of benzene rings is 1. The van der Waals surface area contributed by atoms with Gasteiger partial charge in [-0.2, -0.15) is 0 Å². The van der Waals surface area contributed by atoms with Crippen LogP contribution in [0.1, 0.15) is 32.8 Å². The Labute approximate surface area is 115 Å². The molecule has 0 bridgehead atoms. The first-order chi connectivity index (χ1) is 9.10. The van der Waals surface area contributed by atoms with Crippen molar-refractivity contribution in [2.24, 2.45) is 0 Å². The molecule has 0 heterocycles. The van der Waals surface area contributed by atoms with Gasteiger partial charge >= 0.3 is 0 Å². The van der Waals surface area contributed by atoms with Crippen LogP contribution in [0.4, 0.5) is 0 Å². The number of methoxy groups -OCH3 is 1. The molecule has 0 aliphatic rings. The van der Waals surface area contributed by atoms with Crippen LogP contribution >= 0.6 is 0 Å².